The van der Waals surface area contributed by atoms with Gasteiger partial charge in [0.05, 0.1) is 13.2 Å². The second-order valence-electron chi connectivity index (χ2n) is 8.28. The highest BCUT2D eigenvalue weighted by molar-refractivity contribution is 5.94. The summed E-state index contributed by atoms with van der Waals surface area (Å²) in [6.07, 6.45) is -3.57. The number of halogens is 2. The number of rotatable bonds is 9. The molecule has 0 rings (SSSR count). The quantitative estimate of drug-likeness (QED) is 0.164. The lowest BCUT2D eigenvalue weighted by Crippen LogP contribution is -2.52. The Bertz CT molecular complexity index is 625. The number of carbonyl (C=O) groups is 3. The maximum Gasteiger partial charge on any atom is 0.420 e. The summed E-state index contributed by atoms with van der Waals surface area (Å²) in [5.41, 5.74) is -2.11. The van der Waals surface area contributed by atoms with Gasteiger partial charge in [0.25, 0.3) is 0 Å². The number of carbonyl (C=O) groups excluding carboxylic acids is 3. The fourth-order valence-electron chi connectivity index (χ4n) is 2.01. The maximum absolute atomic E-state index is 14.5. The van der Waals surface area contributed by atoms with Crippen molar-refractivity contribution < 1.29 is 47.2 Å². The van der Waals surface area contributed by atoms with Crippen LogP contribution in [0.4, 0.5) is 18.4 Å². The van der Waals surface area contributed by atoms with Crippen molar-refractivity contribution in [2.45, 2.75) is 79.1 Å². The van der Waals surface area contributed by atoms with Gasteiger partial charge in [-0.25, -0.2) is 32.9 Å². The average molecular weight is 453 g/mol. The van der Waals surface area contributed by atoms with Crippen LogP contribution in [0.5, 0.6) is 0 Å². The van der Waals surface area contributed by atoms with E-state index in [1.54, 1.807) is 6.92 Å². The summed E-state index contributed by atoms with van der Waals surface area (Å²) >= 11 is 0. The molecule has 0 aliphatic rings. The minimum absolute atomic E-state index is 0.103. The molecule has 9 nitrogen and oxygen atoms in total. The van der Waals surface area contributed by atoms with Gasteiger partial charge in [-0.15, -0.1) is 0 Å². The van der Waals surface area contributed by atoms with Crippen LogP contribution in [0.3, 0.4) is 0 Å². The maximum atomic E-state index is 14.5. The third kappa shape index (κ3) is 11.6. The van der Waals surface area contributed by atoms with E-state index in [-0.39, 0.29) is 18.1 Å². The molecule has 180 valence electrons. The summed E-state index contributed by atoms with van der Waals surface area (Å²) in [7, 11) is 0. The first-order chi connectivity index (χ1) is 14.1. The van der Waals surface area contributed by atoms with Crippen LogP contribution in [0.1, 0.15) is 61.8 Å². The number of esters is 1. The van der Waals surface area contributed by atoms with Crippen molar-refractivity contribution in [1.29, 1.82) is 0 Å². The van der Waals surface area contributed by atoms with E-state index in [0.717, 1.165) is 0 Å². The molecular weight excluding hydrogens is 420 g/mol. The van der Waals surface area contributed by atoms with Crippen molar-refractivity contribution in [3.8, 4) is 0 Å². The average Bonchev–Trinajstić information content (AvgIpc) is 2.58. The van der Waals surface area contributed by atoms with Gasteiger partial charge in [0.15, 0.2) is 11.9 Å². The molecule has 0 aromatic rings. The third-order valence-electron chi connectivity index (χ3n) is 3.10. The van der Waals surface area contributed by atoms with Gasteiger partial charge in [-0.05, 0) is 55.4 Å². The first kappa shape index (κ1) is 28.7. The molecule has 0 heterocycles. The minimum atomic E-state index is -1.89. The second kappa shape index (κ2) is 12.6. The van der Waals surface area contributed by atoms with Crippen molar-refractivity contribution in [3.05, 3.63) is 11.7 Å². The van der Waals surface area contributed by atoms with Gasteiger partial charge in [0, 0.05) is 6.42 Å². The predicted molar refractivity (Wildman–Crippen MR) is 106 cm³/mol. The second-order valence-corrected chi connectivity index (χ2v) is 8.28. The Kier molecular flexibility index (Phi) is 11.6. The zero-order chi connectivity index (χ0) is 24.4. The summed E-state index contributed by atoms with van der Waals surface area (Å²) in [4.78, 5) is 47.2. The number of nitrogens with zero attached hydrogens (tertiary/aromatic N) is 1. The highest BCUT2D eigenvalue weighted by Gasteiger charge is 2.42. The Hall–Kier alpha value is -2.27. The molecule has 11 heteroatoms. The summed E-state index contributed by atoms with van der Waals surface area (Å²) in [5, 5.41) is 0. The first-order valence-electron chi connectivity index (χ1n) is 9.82. The molecule has 31 heavy (non-hydrogen) atoms. The number of hydrogen-bond donors (Lipinski definition) is 0. The molecule has 0 aromatic carbocycles. The van der Waals surface area contributed by atoms with Crippen LogP contribution in [-0.2, 0) is 28.8 Å². The molecule has 0 bridgehead atoms. The van der Waals surface area contributed by atoms with E-state index < -0.39 is 60.1 Å². The molecule has 0 saturated carbocycles. The van der Waals surface area contributed by atoms with Gasteiger partial charge in [-0.1, -0.05) is 0 Å². The molecule has 0 saturated heterocycles. The fourth-order valence-corrected chi connectivity index (χ4v) is 2.01. The lowest BCUT2D eigenvalue weighted by atomic mass is 10.1. The first-order valence-corrected chi connectivity index (χ1v) is 9.82. The van der Waals surface area contributed by atoms with E-state index in [1.165, 1.54) is 48.5 Å². The Morgan fingerprint density at radius 2 is 1.29 bits per heavy atom. The van der Waals surface area contributed by atoms with Crippen molar-refractivity contribution in [3.63, 3.8) is 0 Å². The van der Waals surface area contributed by atoms with E-state index in [2.05, 4.69) is 9.78 Å². The standard InChI is InChI=1S/C20H33F2NO8/c1-9-27-16(24)15(11-13(21)14(22)12-29-28-10-2)23(17(25)30-19(3,4)5)18(26)31-20(6,7)8/h15H,9-12H2,1-8H3. The highest BCUT2D eigenvalue weighted by atomic mass is 19.2. The summed E-state index contributed by atoms with van der Waals surface area (Å²) in [5.74, 6) is -3.96. The van der Waals surface area contributed by atoms with Gasteiger partial charge >= 0.3 is 18.2 Å². The van der Waals surface area contributed by atoms with Crippen LogP contribution in [0.25, 0.3) is 0 Å². The van der Waals surface area contributed by atoms with Crippen LogP contribution in [0.2, 0.25) is 0 Å². The van der Waals surface area contributed by atoms with Crippen molar-refractivity contribution >= 4 is 18.2 Å². The predicted octanol–water partition coefficient (Wildman–Crippen LogP) is 4.60. The number of ether oxygens (including phenoxy) is 3. The number of hydrogen-bond acceptors (Lipinski definition) is 8. The molecule has 1 atom stereocenters. The normalized spacial score (nSPS) is 13.7. The van der Waals surface area contributed by atoms with E-state index in [9.17, 15) is 23.2 Å². The van der Waals surface area contributed by atoms with Gasteiger partial charge in [0.2, 0.25) is 0 Å². The van der Waals surface area contributed by atoms with Gasteiger partial charge in [0.1, 0.15) is 23.6 Å². The summed E-state index contributed by atoms with van der Waals surface area (Å²) in [6, 6.07) is -1.89. The molecule has 0 aromatic heterocycles. The van der Waals surface area contributed by atoms with Crippen molar-refractivity contribution in [1.82, 2.24) is 4.90 Å². The monoisotopic (exact) mass is 453 g/mol. The van der Waals surface area contributed by atoms with Crippen LogP contribution >= 0.6 is 0 Å². The number of imide groups is 1. The molecule has 2 amide bonds. The van der Waals surface area contributed by atoms with Crippen LogP contribution in [-0.4, -0.2) is 60.1 Å². The van der Waals surface area contributed by atoms with E-state index in [1.807, 2.05) is 0 Å². The Morgan fingerprint density at radius 1 is 0.806 bits per heavy atom. The van der Waals surface area contributed by atoms with Gasteiger partial charge in [-0.3, -0.25) is 0 Å². The topological polar surface area (TPSA) is 101 Å². The van der Waals surface area contributed by atoms with Crippen LogP contribution < -0.4 is 0 Å². The van der Waals surface area contributed by atoms with E-state index in [4.69, 9.17) is 14.2 Å². The molecular formula is C20H33F2NO8. The summed E-state index contributed by atoms with van der Waals surface area (Å²) < 4.78 is 43.7. The van der Waals surface area contributed by atoms with E-state index in [0.29, 0.717) is 0 Å². The molecule has 0 spiro atoms. The third-order valence-corrected chi connectivity index (χ3v) is 3.10. The lowest BCUT2D eigenvalue weighted by Gasteiger charge is -2.32. The molecule has 1 unspecified atom stereocenters. The molecule has 0 aliphatic heterocycles. The molecule has 0 aliphatic carbocycles. The Balaban J connectivity index is 6.09. The summed E-state index contributed by atoms with van der Waals surface area (Å²) in [6.45, 7) is 11.3. The zero-order valence-electron chi connectivity index (χ0n) is 19.4. The Labute approximate surface area is 181 Å². The lowest BCUT2D eigenvalue weighted by molar-refractivity contribution is -0.286. The number of amides is 2. The smallest absolute Gasteiger partial charge is 0.420 e. The van der Waals surface area contributed by atoms with Crippen LogP contribution in [0.15, 0.2) is 11.7 Å². The van der Waals surface area contributed by atoms with Gasteiger partial charge in [-0.2, -0.15) is 4.90 Å². The van der Waals surface area contributed by atoms with Crippen LogP contribution in [0, 0.1) is 0 Å². The van der Waals surface area contributed by atoms with Crippen molar-refractivity contribution in [2.24, 2.45) is 0 Å². The minimum Gasteiger partial charge on any atom is -0.464 e. The highest BCUT2D eigenvalue weighted by Crippen LogP contribution is 2.24. The molecule has 0 fully saturated rings. The fraction of sp³-hybridized carbons (Fsp3) is 0.750. The van der Waals surface area contributed by atoms with Gasteiger partial charge < -0.3 is 14.2 Å². The van der Waals surface area contributed by atoms with E-state index >= 15 is 0 Å². The Morgan fingerprint density at radius 3 is 1.68 bits per heavy atom. The molecule has 0 N–H and O–H groups in total. The van der Waals surface area contributed by atoms with Crippen molar-refractivity contribution in [2.75, 3.05) is 19.8 Å². The largest absolute Gasteiger partial charge is 0.464 e. The molecule has 0 radical (unpaired) electrons. The zero-order valence-corrected chi connectivity index (χ0v) is 19.4. The SMILES string of the molecule is CCOOCC(F)=C(F)CC(C(=O)OCC)N(C(=O)OC(C)(C)C)C(=O)OC(C)(C)C.